The Labute approximate surface area is 88.3 Å². The largest absolute Gasteiger partial charge is 1.00 e. The molecule has 0 N–H and O–H groups in total. The van der Waals surface area contributed by atoms with E-state index in [-0.39, 0.29) is 48.0 Å². The number of hydrogen-bond donors (Lipinski definition) is 0. The summed E-state index contributed by atoms with van der Waals surface area (Å²) in [5.74, 6) is 0.847. The summed E-state index contributed by atoms with van der Waals surface area (Å²) in [6.07, 6.45) is 0. The molecule has 0 aliphatic rings. The van der Waals surface area contributed by atoms with Crippen molar-refractivity contribution in [2.24, 2.45) is 5.92 Å². The molecule has 0 rings (SSSR count). The van der Waals surface area contributed by atoms with Gasteiger partial charge in [-0.3, -0.25) is 0 Å². The molecule has 0 amide bonds. The van der Waals surface area contributed by atoms with Gasteiger partial charge in [0.05, 0.1) is 0 Å². The third-order valence-electron chi connectivity index (χ3n) is 0.471. The molecular formula is C4H9AlI2. The Morgan fingerprint density at radius 3 is 1.43 bits per heavy atom. The summed E-state index contributed by atoms with van der Waals surface area (Å²) in [6.45, 7) is 4.40. The van der Waals surface area contributed by atoms with Crippen molar-refractivity contribution in [3.05, 3.63) is 0 Å². The number of halogens is 2. The zero-order valence-electron chi connectivity index (χ0n) is 4.62. The van der Waals surface area contributed by atoms with Crippen LogP contribution in [0.25, 0.3) is 0 Å². The molecule has 0 heterocycles. The molecule has 0 nitrogen and oxygen atoms in total. The number of rotatable bonds is 1. The first kappa shape index (κ1) is 16.0. The Balaban J connectivity index is -0.0000000800. The molecule has 0 atom stereocenters. The number of hydrogen-bond acceptors (Lipinski definition) is 0. The predicted octanol–water partition coefficient (Wildman–Crippen LogP) is -4.76. The summed E-state index contributed by atoms with van der Waals surface area (Å²) in [4.78, 5) is 0. The Morgan fingerprint density at radius 2 is 1.43 bits per heavy atom. The molecule has 0 fully saturated rings. The van der Waals surface area contributed by atoms with Gasteiger partial charge in [-0.2, -0.15) is 0 Å². The van der Waals surface area contributed by atoms with Gasteiger partial charge in [0.25, 0.3) is 0 Å². The normalized spacial score (nSPS) is 7.00. The molecule has 0 bridgehead atoms. The fourth-order valence-electron chi connectivity index (χ4n) is 0. The fraction of sp³-hybridized carbons (Fsp3) is 1.00. The molecule has 3 heteroatoms. The molecule has 0 saturated carbocycles. The van der Waals surface area contributed by atoms with Gasteiger partial charge >= 0.3 is 41.3 Å². The van der Waals surface area contributed by atoms with Gasteiger partial charge in [-0.1, -0.05) is 0 Å². The van der Waals surface area contributed by atoms with E-state index >= 15 is 0 Å². The third-order valence-corrected chi connectivity index (χ3v) is 1.41. The van der Waals surface area contributed by atoms with Crippen LogP contribution in [0.1, 0.15) is 13.8 Å². The Bertz CT molecular complexity index is 23.7. The van der Waals surface area contributed by atoms with Crippen molar-refractivity contribution in [3.8, 4) is 0 Å². The van der Waals surface area contributed by atoms with E-state index in [1.165, 1.54) is 5.28 Å². The van der Waals surface area contributed by atoms with Gasteiger partial charge in [0.2, 0.25) is 0 Å². The molecule has 0 aliphatic carbocycles. The van der Waals surface area contributed by atoms with Crippen molar-refractivity contribution < 1.29 is 48.0 Å². The van der Waals surface area contributed by atoms with Gasteiger partial charge in [0, 0.05) is 0 Å². The summed E-state index contributed by atoms with van der Waals surface area (Å²) in [5, 5.41) is 1.22. The molecule has 0 aliphatic heterocycles. The van der Waals surface area contributed by atoms with Crippen LogP contribution in [0, 0.1) is 5.92 Å². The molecule has 0 aromatic heterocycles. The van der Waals surface area contributed by atoms with Gasteiger partial charge in [0.15, 0.2) is 0 Å². The van der Waals surface area contributed by atoms with Crippen LogP contribution in [0.4, 0.5) is 0 Å². The first-order valence-electron chi connectivity index (χ1n) is 1.97. The summed E-state index contributed by atoms with van der Waals surface area (Å²) >= 11 is 2.69. The Kier molecular flexibility index (Phi) is 24.9. The van der Waals surface area contributed by atoms with Crippen molar-refractivity contribution in [3.63, 3.8) is 0 Å². The van der Waals surface area contributed by atoms with Crippen molar-refractivity contribution >= 4 is 16.3 Å². The second kappa shape index (κ2) is 10.9. The van der Waals surface area contributed by atoms with Crippen LogP contribution in [0.2, 0.25) is 5.28 Å². The first-order valence-corrected chi connectivity index (χ1v) is 2.79. The summed E-state index contributed by atoms with van der Waals surface area (Å²) in [6, 6.07) is 0. The maximum Gasteiger partial charge on any atom is -1.00 e. The van der Waals surface area contributed by atoms with Crippen molar-refractivity contribution in [2.45, 2.75) is 19.1 Å². The van der Waals surface area contributed by atoms with Crippen LogP contribution in [0.3, 0.4) is 0 Å². The fourth-order valence-corrected chi connectivity index (χ4v) is 0. The summed E-state index contributed by atoms with van der Waals surface area (Å²) < 4.78 is 0. The van der Waals surface area contributed by atoms with Crippen LogP contribution in [-0.2, 0) is 0 Å². The van der Waals surface area contributed by atoms with E-state index in [0.717, 1.165) is 5.92 Å². The molecule has 0 aromatic carbocycles. The standard InChI is InChI=1S/C4H9.Al.2HI/c1-4(2)3;;;/h4H,1H2,2-3H3;;2*1H/q;+2;;/p-2. The SMILES string of the molecule is CC(C)[CH2][Al+2].[I-].[I-]. The van der Waals surface area contributed by atoms with Crippen LogP contribution in [-0.4, -0.2) is 16.3 Å². The zero-order chi connectivity index (χ0) is 4.28. The van der Waals surface area contributed by atoms with Gasteiger partial charge in [-0.05, 0) is 0 Å². The summed E-state index contributed by atoms with van der Waals surface area (Å²) in [7, 11) is 0. The maximum atomic E-state index is 2.69. The molecule has 0 unspecified atom stereocenters. The van der Waals surface area contributed by atoms with E-state index in [2.05, 4.69) is 30.1 Å². The molecule has 0 saturated heterocycles. The topological polar surface area (TPSA) is 0 Å². The quantitative estimate of drug-likeness (QED) is 0.333. The Hall–Kier alpha value is 1.99. The second-order valence-electron chi connectivity index (χ2n) is 1.63. The van der Waals surface area contributed by atoms with Crippen molar-refractivity contribution in [1.29, 1.82) is 0 Å². The maximum absolute atomic E-state index is 2.69. The average Bonchev–Trinajstić information content (AvgIpc) is 1.38. The van der Waals surface area contributed by atoms with E-state index in [0.29, 0.717) is 0 Å². The van der Waals surface area contributed by atoms with Crippen molar-refractivity contribution in [2.75, 3.05) is 0 Å². The first-order chi connectivity index (χ1) is 2.27. The molecule has 42 valence electrons. The monoisotopic (exact) mass is 338 g/mol. The van der Waals surface area contributed by atoms with E-state index in [1.54, 1.807) is 0 Å². The van der Waals surface area contributed by atoms with Crippen molar-refractivity contribution in [1.82, 2.24) is 0 Å². The van der Waals surface area contributed by atoms with Gasteiger partial charge in [0.1, 0.15) is 0 Å². The molecule has 7 heavy (non-hydrogen) atoms. The summed E-state index contributed by atoms with van der Waals surface area (Å²) in [5.41, 5.74) is 0. The van der Waals surface area contributed by atoms with E-state index in [9.17, 15) is 0 Å². The van der Waals surface area contributed by atoms with Crippen LogP contribution >= 0.6 is 0 Å². The Morgan fingerprint density at radius 1 is 1.29 bits per heavy atom. The minimum Gasteiger partial charge on any atom is -1.00 e. The van der Waals surface area contributed by atoms with E-state index in [4.69, 9.17) is 0 Å². The minimum atomic E-state index is 0. The second-order valence-corrected chi connectivity index (χ2v) is 2.10. The van der Waals surface area contributed by atoms with Crippen LogP contribution in [0.15, 0.2) is 0 Å². The van der Waals surface area contributed by atoms with E-state index < -0.39 is 0 Å². The zero-order valence-corrected chi connectivity index (χ0v) is 10.1. The average molecular weight is 338 g/mol. The van der Waals surface area contributed by atoms with Gasteiger partial charge in [-0.25, -0.2) is 0 Å². The van der Waals surface area contributed by atoms with Gasteiger partial charge < -0.3 is 48.0 Å². The molecular weight excluding hydrogens is 329 g/mol. The predicted molar refractivity (Wildman–Crippen MR) is 25.4 cm³/mol. The van der Waals surface area contributed by atoms with Crippen LogP contribution < -0.4 is 48.0 Å². The molecule has 0 aromatic rings. The smallest absolute Gasteiger partial charge is 1.00 e. The van der Waals surface area contributed by atoms with E-state index in [1.807, 2.05) is 0 Å². The van der Waals surface area contributed by atoms with Gasteiger partial charge in [-0.15, -0.1) is 0 Å². The molecule has 0 radical (unpaired) electrons. The van der Waals surface area contributed by atoms with Crippen LogP contribution in [0.5, 0.6) is 0 Å². The molecule has 0 spiro atoms. The minimum absolute atomic E-state index is 0. The third kappa shape index (κ3) is 18.0.